The zero-order valence-electron chi connectivity index (χ0n) is 15.8. The summed E-state index contributed by atoms with van der Waals surface area (Å²) in [5.74, 6) is 1.82. The van der Waals surface area contributed by atoms with E-state index < -0.39 is 9.84 Å². The molecule has 7 nitrogen and oxygen atoms in total. The fraction of sp³-hybridized carbons (Fsp3) is 0.526. The molecule has 8 heteroatoms. The topological polar surface area (TPSA) is 76.2 Å². The molecular formula is C19H26N2O5S. The first-order chi connectivity index (χ1) is 12.9. The van der Waals surface area contributed by atoms with E-state index in [0.29, 0.717) is 44.1 Å². The summed E-state index contributed by atoms with van der Waals surface area (Å²) in [6, 6.07) is 5.55. The number of benzene rings is 1. The van der Waals surface area contributed by atoms with Crippen LogP contribution in [0.1, 0.15) is 12.0 Å². The van der Waals surface area contributed by atoms with Gasteiger partial charge in [-0.15, -0.1) is 0 Å². The van der Waals surface area contributed by atoms with Crippen LogP contribution in [0.2, 0.25) is 0 Å². The molecule has 1 aromatic rings. The second-order valence-electron chi connectivity index (χ2n) is 6.86. The van der Waals surface area contributed by atoms with E-state index in [2.05, 4.69) is 4.90 Å². The maximum absolute atomic E-state index is 12.5. The summed E-state index contributed by atoms with van der Waals surface area (Å²) in [6.07, 6.45) is 4.00. The minimum atomic E-state index is -2.88. The Morgan fingerprint density at radius 1 is 1.15 bits per heavy atom. The number of nitrogens with zero attached hydrogens (tertiary/aromatic N) is 2. The molecule has 1 aromatic carbocycles. The number of carbonyl (C=O) groups is 1. The molecule has 3 rings (SSSR count). The molecule has 0 spiro atoms. The third kappa shape index (κ3) is 4.81. The van der Waals surface area contributed by atoms with Crippen molar-refractivity contribution in [1.82, 2.24) is 9.80 Å². The number of amides is 1. The Kier molecular flexibility index (Phi) is 6.06. The molecule has 0 unspecified atom stereocenters. The van der Waals surface area contributed by atoms with Gasteiger partial charge in [-0.2, -0.15) is 0 Å². The van der Waals surface area contributed by atoms with Gasteiger partial charge < -0.3 is 14.4 Å². The number of sulfone groups is 1. The zero-order valence-corrected chi connectivity index (χ0v) is 16.6. The van der Waals surface area contributed by atoms with Crippen LogP contribution in [-0.4, -0.2) is 82.1 Å². The van der Waals surface area contributed by atoms with Crippen molar-refractivity contribution < 1.29 is 22.7 Å². The lowest BCUT2D eigenvalue weighted by Crippen LogP contribution is -2.52. The number of hydrogen-bond donors (Lipinski definition) is 0. The van der Waals surface area contributed by atoms with Gasteiger partial charge in [-0.25, -0.2) is 8.42 Å². The van der Waals surface area contributed by atoms with E-state index in [1.165, 1.54) is 0 Å². The number of carbonyl (C=O) groups excluding carboxylic acids is 1. The van der Waals surface area contributed by atoms with Gasteiger partial charge in [-0.05, 0) is 24.6 Å². The molecule has 2 heterocycles. The van der Waals surface area contributed by atoms with Gasteiger partial charge in [0.2, 0.25) is 5.91 Å². The highest BCUT2D eigenvalue weighted by Crippen LogP contribution is 2.25. The van der Waals surface area contributed by atoms with E-state index in [0.717, 1.165) is 5.56 Å². The maximum atomic E-state index is 12.5. The first-order valence-electron chi connectivity index (χ1n) is 9.05. The van der Waals surface area contributed by atoms with E-state index in [-0.39, 0.29) is 23.5 Å². The molecule has 0 radical (unpaired) electrons. The molecule has 0 N–H and O–H groups in total. The van der Waals surface area contributed by atoms with Crippen LogP contribution < -0.4 is 9.47 Å². The molecule has 1 amide bonds. The summed E-state index contributed by atoms with van der Waals surface area (Å²) in [4.78, 5) is 16.5. The molecule has 2 fully saturated rings. The molecule has 0 bridgehead atoms. The molecule has 0 saturated carbocycles. The zero-order chi connectivity index (χ0) is 19.4. The second kappa shape index (κ2) is 8.31. The van der Waals surface area contributed by atoms with Crippen LogP contribution in [0.15, 0.2) is 24.3 Å². The van der Waals surface area contributed by atoms with Crippen LogP contribution >= 0.6 is 0 Å². The number of piperazine rings is 1. The molecule has 148 valence electrons. The summed E-state index contributed by atoms with van der Waals surface area (Å²) in [5, 5.41) is 0. The van der Waals surface area contributed by atoms with Crippen LogP contribution in [0.3, 0.4) is 0 Å². The van der Waals surface area contributed by atoms with Gasteiger partial charge in [0.05, 0.1) is 25.7 Å². The Morgan fingerprint density at radius 3 is 2.48 bits per heavy atom. The number of hydrogen-bond acceptors (Lipinski definition) is 6. The van der Waals surface area contributed by atoms with Crippen LogP contribution in [0.4, 0.5) is 0 Å². The summed E-state index contributed by atoms with van der Waals surface area (Å²) in [6.45, 7) is 2.65. The fourth-order valence-electron chi connectivity index (χ4n) is 3.59. The van der Waals surface area contributed by atoms with E-state index >= 15 is 0 Å². The number of methoxy groups -OCH3 is 2. The standard InChI is InChI=1S/C19H26N2O5S/c1-25-17-5-3-15(18(13-17)26-2)4-6-19(22)21-10-8-20(9-11-21)16-7-12-27(23,24)14-16/h3-6,13,16H,7-12,14H2,1-2H3/b6-4+/t16-/m0/s1. The summed E-state index contributed by atoms with van der Waals surface area (Å²) < 4.78 is 33.8. The third-order valence-electron chi connectivity index (χ3n) is 5.20. The van der Waals surface area contributed by atoms with Gasteiger partial charge in [-0.1, -0.05) is 0 Å². The van der Waals surface area contributed by atoms with Crippen molar-refractivity contribution in [3.05, 3.63) is 29.8 Å². The average molecular weight is 394 g/mol. The van der Waals surface area contributed by atoms with Gasteiger partial charge in [0.15, 0.2) is 9.84 Å². The molecule has 0 aromatic heterocycles. The lowest BCUT2D eigenvalue weighted by molar-refractivity contribution is -0.127. The van der Waals surface area contributed by atoms with Crippen molar-refractivity contribution >= 4 is 21.8 Å². The Balaban J connectivity index is 1.56. The Labute approximate surface area is 160 Å². The summed E-state index contributed by atoms with van der Waals surface area (Å²) in [7, 11) is 0.292. The molecule has 2 aliphatic heterocycles. The van der Waals surface area contributed by atoms with Crippen molar-refractivity contribution in [2.24, 2.45) is 0 Å². The highest BCUT2D eigenvalue weighted by Gasteiger charge is 2.34. The van der Waals surface area contributed by atoms with Crippen molar-refractivity contribution in [1.29, 1.82) is 0 Å². The fourth-order valence-corrected chi connectivity index (χ4v) is 5.36. The smallest absolute Gasteiger partial charge is 0.246 e. The van der Waals surface area contributed by atoms with Gasteiger partial charge in [0.25, 0.3) is 0 Å². The minimum Gasteiger partial charge on any atom is -0.497 e. The highest BCUT2D eigenvalue weighted by molar-refractivity contribution is 7.91. The van der Waals surface area contributed by atoms with E-state index in [4.69, 9.17) is 9.47 Å². The molecule has 2 aliphatic rings. The van der Waals surface area contributed by atoms with E-state index in [9.17, 15) is 13.2 Å². The Morgan fingerprint density at radius 2 is 1.89 bits per heavy atom. The predicted molar refractivity (Wildman–Crippen MR) is 104 cm³/mol. The molecule has 27 heavy (non-hydrogen) atoms. The van der Waals surface area contributed by atoms with Crippen LogP contribution in [-0.2, 0) is 14.6 Å². The van der Waals surface area contributed by atoms with Crippen LogP contribution in [0, 0.1) is 0 Å². The Bertz CT molecular complexity index is 813. The van der Waals surface area contributed by atoms with Gasteiger partial charge in [-0.3, -0.25) is 9.69 Å². The first-order valence-corrected chi connectivity index (χ1v) is 10.9. The van der Waals surface area contributed by atoms with Crippen LogP contribution in [0.25, 0.3) is 6.08 Å². The maximum Gasteiger partial charge on any atom is 0.246 e. The lowest BCUT2D eigenvalue weighted by atomic mass is 10.1. The third-order valence-corrected chi connectivity index (χ3v) is 6.95. The van der Waals surface area contributed by atoms with Gasteiger partial charge >= 0.3 is 0 Å². The van der Waals surface area contributed by atoms with Crippen molar-refractivity contribution in [2.45, 2.75) is 12.5 Å². The minimum absolute atomic E-state index is 0.0495. The second-order valence-corrected chi connectivity index (χ2v) is 9.09. The normalized spacial score (nSPS) is 22.9. The van der Waals surface area contributed by atoms with Crippen LogP contribution in [0.5, 0.6) is 11.5 Å². The highest BCUT2D eigenvalue weighted by atomic mass is 32.2. The first kappa shape index (κ1) is 19.7. The molecular weight excluding hydrogens is 368 g/mol. The Hall–Kier alpha value is -2.06. The van der Waals surface area contributed by atoms with E-state index in [1.807, 2.05) is 12.1 Å². The number of rotatable bonds is 5. The molecule has 1 atom stereocenters. The molecule has 0 aliphatic carbocycles. The quantitative estimate of drug-likeness (QED) is 0.695. The van der Waals surface area contributed by atoms with Crippen molar-refractivity contribution in [3.63, 3.8) is 0 Å². The largest absolute Gasteiger partial charge is 0.497 e. The number of ether oxygens (including phenoxy) is 2. The summed E-state index contributed by atoms with van der Waals surface area (Å²) >= 11 is 0. The average Bonchev–Trinajstić information content (AvgIpc) is 3.05. The predicted octanol–water partition coefficient (Wildman–Crippen LogP) is 1.05. The van der Waals surface area contributed by atoms with Gasteiger partial charge in [0.1, 0.15) is 11.5 Å². The van der Waals surface area contributed by atoms with Crippen molar-refractivity contribution in [3.8, 4) is 11.5 Å². The SMILES string of the molecule is COc1ccc(/C=C/C(=O)N2CCN([C@H]3CCS(=O)(=O)C3)CC2)c(OC)c1. The summed E-state index contributed by atoms with van der Waals surface area (Å²) in [5.41, 5.74) is 0.807. The van der Waals surface area contributed by atoms with Gasteiger partial charge in [0, 0.05) is 49.9 Å². The molecule has 2 saturated heterocycles. The van der Waals surface area contributed by atoms with Crippen molar-refractivity contribution in [2.75, 3.05) is 51.9 Å². The lowest BCUT2D eigenvalue weighted by Gasteiger charge is -2.37. The van der Waals surface area contributed by atoms with E-state index in [1.54, 1.807) is 37.3 Å². The monoisotopic (exact) mass is 394 g/mol.